The van der Waals surface area contributed by atoms with E-state index in [-0.39, 0.29) is 11.7 Å². The molecule has 2 aromatic rings. The second-order valence-corrected chi connectivity index (χ2v) is 6.58. The molecule has 140 valence electrons. The first-order valence-electron chi connectivity index (χ1n) is 9.14. The summed E-state index contributed by atoms with van der Waals surface area (Å²) < 4.78 is 13.0. The molecule has 3 rings (SSSR count). The van der Waals surface area contributed by atoms with E-state index in [0.29, 0.717) is 38.2 Å². The predicted octanol–water partition coefficient (Wildman–Crippen LogP) is 2.53. The van der Waals surface area contributed by atoms with Crippen molar-refractivity contribution in [3.8, 4) is 6.07 Å². The van der Waals surface area contributed by atoms with Gasteiger partial charge >= 0.3 is 0 Å². The maximum absolute atomic E-state index is 13.0. The van der Waals surface area contributed by atoms with Crippen LogP contribution >= 0.6 is 0 Å². The fourth-order valence-corrected chi connectivity index (χ4v) is 3.15. The van der Waals surface area contributed by atoms with Crippen LogP contribution in [0.15, 0.2) is 48.5 Å². The summed E-state index contributed by atoms with van der Waals surface area (Å²) in [5, 5.41) is 12.1. The largest absolute Gasteiger partial charge is 0.368 e. The SMILES string of the molecule is N#Cc1ccc(CNCCC(=O)N2CCN(c3ccc(F)cc3)CC2)cc1. The molecule has 0 saturated carbocycles. The van der Waals surface area contributed by atoms with Crippen molar-refractivity contribution >= 4 is 11.6 Å². The number of rotatable bonds is 6. The number of benzene rings is 2. The lowest BCUT2D eigenvalue weighted by Gasteiger charge is -2.36. The van der Waals surface area contributed by atoms with Gasteiger partial charge in [0, 0.05) is 51.4 Å². The van der Waals surface area contributed by atoms with Gasteiger partial charge in [-0.2, -0.15) is 5.26 Å². The lowest BCUT2D eigenvalue weighted by molar-refractivity contribution is -0.131. The fourth-order valence-electron chi connectivity index (χ4n) is 3.15. The number of carbonyl (C=O) groups is 1. The zero-order valence-electron chi connectivity index (χ0n) is 15.2. The van der Waals surface area contributed by atoms with Crippen LogP contribution in [0.1, 0.15) is 17.5 Å². The molecule has 1 N–H and O–H groups in total. The van der Waals surface area contributed by atoms with Crippen molar-refractivity contribution in [3.63, 3.8) is 0 Å². The number of carbonyl (C=O) groups excluding carboxylic acids is 1. The normalized spacial score (nSPS) is 14.1. The molecule has 1 amide bonds. The van der Waals surface area contributed by atoms with Crippen LogP contribution in [0.2, 0.25) is 0 Å². The summed E-state index contributed by atoms with van der Waals surface area (Å²) in [6.07, 6.45) is 0.465. The summed E-state index contributed by atoms with van der Waals surface area (Å²) in [6, 6.07) is 16.0. The van der Waals surface area contributed by atoms with E-state index < -0.39 is 0 Å². The highest BCUT2D eigenvalue weighted by atomic mass is 19.1. The van der Waals surface area contributed by atoms with Crippen molar-refractivity contribution in [1.29, 1.82) is 5.26 Å². The third kappa shape index (κ3) is 5.28. The minimum absolute atomic E-state index is 0.154. The zero-order valence-corrected chi connectivity index (χ0v) is 15.2. The summed E-state index contributed by atoms with van der Waals surface area (Å²) in [7, 11) is 0. The maximum Gasteiger partial charge on any atom is 0.223 e. The molecule has 0 spiro atoms. The number of nitrogens with zero attached hydrogens (tertiary/aromatic N) is 3. The molecule has 1 aliphatic rings. The lowest BCUT2D eigenvalue weighted by Crippen LogP contribution is -2.49. The minimum atomic E-state index is -0.235. The fraction of sp³-hybridized carbons (Fsp3) is 0.333. The Kier molecular flexibility index (Phi) is 6.39. The van der Waals surface area contributed by atoms with Crippen LogP contribution in [0, 0.1) is 17.1 Å². The van der Waals surface area contributed by atoms with Gasteiger partial charge in [-0.3, -0.25) is 4.79 Å². The van der Waals surface area contributed by atoms with E-state index in [2.05, 4.69) is 16.3 Å². The summed E-state index contributed by atoms with van der Waals surface area (Å²) in [6.45, 7) is 4.19. The van der Waals surface area contributed by atoms with Gasteiger partial charge in [0.2, 0.25) is 5.91 Å². The van der Waals surface area contributed by atoms with Crippen LogP contribution in [0.4, 0.5) is 10.1 Å². The molecule has 1 saturated heterocycles. The number of hydrogen-bond donors (Lipinski definition) is 1. The summed E-state index contributed by atoms with van der Waals surface area (Å²) in [5.41, 5.74) is 2.73. The molecule has 1 heterocycles. The van der Waals surface area contributed by atoms with Gasteiger partial charge in [0.05, 0.1) is 11.6 Å². The van der Waals surface area contributed by atoms with Crippen molar-refractivity contribution in [2.45, 2.75) is 13.0 Å². The first kappa shape index (κ1) is 18.9. The molecule has 0 unspecified atom stereocenters. The van der Waals surface area contributed by atoms with E-state index in [1.54, 1.807) is 24.3 Å². The highest BCUT2D eigenvalue weighted by Gasteiger charge is 2.20. The van der Waals surface area contributed by atoms with E-state index in [1.165, 1.54) is 12.1 Å². The molecule has 0 aliphatic carbocycles. The van der Waals surface area contributed by atoms with Crippen LogP contribution in [0.3, 0.4) is 0 Å². The van der Waals surface area contributed by atoms with Gasteiger partial charge in [0.15, 0.2) is 0 Å². The van der Waals surface area contributed by atoms with Crippen LogP contribution in [-0.2, 0) is 11.3 Å². The van der Waals surface area contributed by atoms with Gasteiger partial charge in [-0.05, 0) is 42.0 Å². The average molecular weight is 366 g/mol. The zero-order chi connectivity index (χ0) is 19.1. The third-order valence-corrected chi connectivity index (χ3v) is 4.75. The summed E-state index contributed by atoms with van der Waals surface area (Å²) >= 11 is 0. The number of amides is 1. The first-order valence-corrected chi connectivity index (χ1v) is 9.14. The lowest BCUT2D eigenvalue weighted by atomic mass is 10.1. The smallest absolute Gasteiger partial charge is 0.223 e. The van der Waals surface area contributed by atoms with Crippen LogP contribution < -0.4 is 10.2 Å². The van der Waals surface area contributed by atoms with Gasteiger partial charge in [-0.15, -0.1) is 0 Å². The van der Waals surface area contributed by atoms with Gasteiger partial charge in [0.1, 0.15) is 5.82 Å². The van der Waals surface area contributed by atoms with Crippen molar-refractivity contribution in [2.75, 3.05) is 37.6 Å². The number of hydrogen-bond acceptors (Lipinski definition) is 4. The Bertz CT molecular complexity index is 790. The van der Waals surface area contributed by atoms with Crippen LogP contribution in [0.25, 0.3) is 0 Å². The van der Waals surface area contributed by atoms with Crippen molar-refractivity contribution < 1.29 is 9.18 Å². The molecule has 5 nitrogen and oxygen atoms in total. The highest BCUT2D eigenvalue weighted by Crippen LogP contribution is 2.17. The van der Waals surface area contributed by atoms with Gasteiger partial charge in [0.25, 0.3) is 0 Å². The Morgan fingerprint density at radius 1 is 1.04 bits per heavy atom. The molecular weight excluding hydrogens is 343 g/mol. The highest BCUT2D eigenvalue weighted by molar-refractivity contribution is 5.76. The van der Waals surface area contributed by atoms with Crippen LogP contribution in [-0.4, -0.2) is 43.5 Å². The molecule has 2 aromatic carbocycles. The first-order chi connectivity index (χ1) is 13.2. The molecule has 0 radical (unpaired) electrons. The van der Waals surface area contributed by atoms with Crippen molar-refractivity contribution in [2.24, 2.45) is 0 Å². The summed E-state index contributed by atoms with van der Waals surface area (Å²) in [4.78, 5) is 16.4. The molecule has 6 heteroatoms. The molecule has 27 heavy (non-hydrogen) atoms. The second kappa shape index (κ2) is 9.15. The molecule has 0 aromatic heterocycles. The Labute approximate surface area is 159 Å². The number of anilines is 1. The molecule has 0 bridgehead atoms. The average Bonchev–Trinajstić information content (AvgIpc) is 2.72. The number of nitrogens with one attached hydrogen (secondary N) is 1. The van der Waals surface area contributed by atoms with E-state index in [1.807, 2.05) is 17.0 Å². The van der Waals surface area contributed by atoms with E-state index in [4.69, 9.17) is 5.26 Å². The van der Waals surface area contributed by atoms with E-state index >= 15 is 0 Å². The Morgan fingerprint density at radius 3 is 2.33 bits per heavy atom. The van der Waals surface area contributed by atoms with Gasteiger partial charge in [-0.25, -0.2) is 4.39 Å². The molecule has 0 atom stereocenters. The number of halogens is 1. The third-order valence-electron chi connectivity index (χ3n) is 4.75. The Morgan fingerprint density at radius 2 is 1.70 bits per heavy atom. The number of nitriles is 1. The van der Waals surface area contributed by atoms with Gasteiger partial charge in [-0.1, -0.05) is 12.1 Å². The molecule has 1 fully saturated rings. The van der Waals surface area contributed by atoms with Crippen LogP contribution in [0.5, 0.6) is 0 Å². The van der Waals surface area contributed by atoms with E-state index in [0.717, 1.165) is 24.3 Å². The molecular formula is C21H23FN4O. The Balaban J connectivity index is 1.36. The number of piperazine rings is 1. The van der Waals surface area contributed by atoms with Crippen molar-refractivity contribution in [1.82, 2.24) is 10.2 Å². The topological polar surface area (TPSA) is 59.4 Å². The maximum atomic E-state index is 13.0. The van der Waals surface area contributed by atoms with Gasteiger partial charge < -0.3 is 15.1 Å². The minimum Gasteiger partial charge on any atom is -0.368 e. The molecule has 1 aliphatic heterocycles. The quantitative estimate of drug-likeness (QED) is 0.798. The van der Waals surface area contributed by atoms with Crippen molar-refractivity contribution in [3.05, 3.63) is 65.5 Å². The predicted molar refractivity (Wildman–Crippen MR) is 103 cm³/mol. The Hall–Kier alpha value is -2.91. The van der Waals surface area contributed by atoms with E-state index in [9.17, 15) is 9.18 Å². The monoisotopic (exact) mass is 366 g/mol. The summed E-state index contributed by atoms with van der Waals surface area (Å²) in [5.74, 6) is -0.0813. The standard InChI is InChI=1S/C21H23FN4O/c22-19-5-7-20(8-6-19)25-11-13-26(14-12-25)21(27)9-10-24-16-18-3-1-17(15-23)2-4-18/h1-8,24H,9-14,16H2. The second-order valence-electron chi connectivity index (χ2n) is 6.58.